The van der Waals surface area contributed by atoms with Gasteiger partial charge in [0.25, 0.3) is 0 Å². The summed E-state index contributed by atoms with van der Waals surface area (Å²) in [6.45, 7) is 4.16. The fourth-order valence-corrected chi connectivity index (χ4v) is 2.43. The predicted molar refractivity (Wildman–Crippen MR) is 70.6 cm³/mol. The molecule has 0 fully saturated rings. The van der Waals surface area contributed by atoms with E-state index in [9.17, 15) is 0 Å². The number of nitrogens with two attached hydrogens (primary N) is 1. The maximum atomic E-state index is 5.96. The van der Waals surface area contributed by atoms with E-state index in [1.165, 1.54) is 5.56 Å². The van der Waals surface area contributed by atoms with E-state index >= 15 is 0 Å². The second-order valence-corrected chi connectivity index (χ2v) is 5.20. The van der Waals surface area contributed by atoms with Crippen molar-refractivity contribution in [2.45, 2.75) is 32.1 Å². The van der Waals surface area contributed by atoms with Crippen LogP contribution in [0.1, 0.15) is 24.5 Å². The normalized spacial score (nSPS) is 12.8. The highest BCUT2D eigenvalue weighted by Gasteiger charge is 2.01. The summed E-state index contributed by atoms with van der Waals surface area (Å²) in [5.41, 5.74) is 8.32. The SMILES string of the molecule is CCC(N)CSCc1ccc(Cl)c(C)c1. The van der Waals surface area contributed by atoms with Crippen molar-refractivity contribution in [3.63, 3.8) is 0 Å². The Morgan fingerprint density at radius 1 is 1.47 bits per heavy atom. The highest BCUT2D eigenvalue weighted by atomic mass is 35.5. The largest absolute Gasteiger partial charge is 0.327 e. The van der Waals surface area contributed by atoms with Gasteiger partial charge in [0, 0.05) is 22.6 Å². The number of rotatable bonds is 5. The van der Waals surface area contributed by atoms with Gasteiger partial charge in [-0.05, 0) is 30.5 Å². The molecule has 0 bridgehead atoms. The van der Waals surface area contributed by atoms with Crippen LogP contribution in [0.2, 0.25) is 5.02 Å². The minimum Gasteiger partial charge on any atom is -0.327 e. The zero-order valence-electron chi connectivity index (χ0n) is 9.29. The molecule has 1 aromatic carbocycles. The lowest BCUT2D eigenvalue weighted by Gasteiger charge is -2.08. The first-order valence-electron chi connectivity index (χ1n) is 5.21. The van der Waals surface area contributed by atoms with Gasteiger partial charge in [-0.1, -0.05) is 30.7 Å². The van der Waals surface area contributed by atoms with Gasteiger partial charge in [0.15, 0.2) is 0 Å². The number of aryl methyl sites for hydroxylation is 1. The maximum absolute atomic E-state index is 5.96. The van der Waals surface area contributed by atoms with Gasteiger partial charge in [-0.2, -0.15) is 11.8 Å². The summed E-state index contributed by atoms with van der Waals surface area (Å²) < 4.78 is 0. The molecule has 0 saturated heterocycles. The quantitative estimate of drug-likeness (QED) is 0.855. The van der Waals surface area contributed by atoms with Crippen LogP contribution < -0.4 is 5.73 Å². The first kappa shape index (κ1) is 12.9. The van der Waals surface area contributed by atoms with E-state index in [1.807, 2.05) is 24.8 Å². The molecule has 0 aliphatic heterocycles. The Labute approximate surface area is 101 Å². The lowest BCUT2D eigenvalue weighted by atomic mass is 10.2. The minimum atomic E-state index is 0.323. The van der Waals surface area contributed by atoms with Gasteiger partial charge < -0.3 is 5.73 Å². The first-order valence-corrected chi connectivity index (χ1v) is 6.75. The molecule has 1 nitrogen and oxygen atoms in total. The number of thioether (sulfide) groups is 1. The Bertz CT molecular complexity index is 314. The lowest BCUT2D eigenvalue weighted by Crippen LogP contribution is -2.21. The Hall–Kier alpha value is -0.180. The van der Waals surface area contributed by atoms with Crippen molar-refractivity contribution in [3.8, 4) is 0 Å². The molecule has 3 heteroatoms. The van der Waals surface area contributed by atoms with Crippen LogP contribution in [0.15, 0.2) is 18.2 Å². The van der Waals surface area contributed by atoms with Crippen molar-refractivity contribution >= 4 is 23.4 Å². The molecule has 2 N–H and O–H groups in total. The van der Waals surface area contributed by atoms with Crippen LogP contribution >= 0.6 is 23.4 Å². The third-order valence-electron chi connectivity index (χ3n) is 2.35. The molecular weight excluding hydrogens is 226 g/mol. The van der Waals surface area contributed by atoms with Crippen molar-refractivity contribution in [2.24, 2.45) is 5.73 Å². The van der Waals surface area contributed by atoms with Crippen molar-refractivity contribution in [1.82, 2.24) is 0 Å². The summed E-state index contributed by atoms with van der Waals surface area (Å²) in [4.78, 5) is 0. The van der Waals surface area contributed by atoms with Gasteiger partial charge in [0.2, 0.25) is 0 Å². The van der Waals surface area contributed by atoms with Gasteiger partial charge >= 0.3 is 0 Å². The molecule has 15 heavy (non-hydrogen) atoms. The maximum Gasteiger partial charge on any atom is 0.0435 e. The fraction of sp³-hybridized carbons (Fsp3) is 0.500. The molecule has 1 rings (SSSR count). The summed E-state index contributed by atoms with van der Waals surface area (Å²) in [5.74, 6) is 2.05. The molecule has 0 aliphatic carbocycles. The Balaban J connectivity index is 2.41. The van der Waals surface area contributed by atoms with Gasteiger partial charge in [0.05, 0.1) is 0 Å². The summed E-state index contributed by atoms with van der Waals surface area (Å²) in [5, 5.41) is 0.842. The Kier molecular flexibility index (Phi) is 5.51. The highest BCUT2D eigenvalue weighted by molar-refractivity contribution is 7.98. The van der Waals surface area contributed by atoms with Crippen molar-refractivity contribution < 1.29 is 0 Å². The van der Waals surface area contributed by atoms with E-state index in [0.29, 0.717) is 6.04 Å². The number of benzene rings is 1. The van der Waals surface area contributed by atoms with Gasteiger partial charge in [-0.3, -0.25) is 0 Å². The first-order chi connectivity index (χ1) is 7.13. The molecule has 1 unspecified atom stereocenters. The molecule has 0 saturated carbocycles. The van der Waals surface area contributed by atoms with Crippen LogP contribution in [-0.2, 0) is 5.75 Å². The van der Waals surface area contributed by atoms with E-state index < -0.39 is 0 Å². The lowest BCUT2D eigenvalue weighted by molar-refractivity contribution is 0.725. The summed E-state index contributed by atoms with van der Waals surface area (Å²) in [7, 11) is 0. The third kappa shape index (κ3) is 4.45. The molecule has 1 atom stereocenters. The summed E-state index contributed by atoms with van der Waals surface area (Å²) in [6.07, 6.45) is 1.05. The van der Waals surface area contributed by atoms with E-state index in [1.54, 1.807) is 0 Å². The van der Waals surface area contributed by atoms with Crippen LogP contribution in [0.4, 0.5) is 0 Å². The molecule has 0 aromatic heterocycles. The van der Waals surface area contributed by atoms with Gasteiger partial charge in [0.1, 0.15) is 0 Å². The number of hydrogen-bond acceptors (Lipinski definition) is 2. The number of halogens is 1. The second-order valence-electron chi connectivity index (χ2n) is 3.77. The van der Waals surface area contributed by atoms with Gasteiger partial charge in [-0.15, -0.1) is 0 Å². The predicted octanol–water partition coefficient (Wildman–Crippen LogP) is 3.62. The Morgan fingerprint density at radius 2 is 2.20 bits per heavy atom. The van der Waals surface area contributed by atoms with Crippen LogP contribution in [0.25, 0.3) is 0 Å². The van der Waals surface area contributed by atoms with Crippen LogP contribution in [0, 0.1) is 6.92 Å². The zero-order valence-corrected chi connectivity index (χ0v) is 10.9. The molecule has 0 aliphatic rings. The third-order valence-corrected chi connectivity index (χ3v) is 3.97. The van der Waals surface area contributed by atoms with Crippen LogP contribution in [0.5, 0.6) is 0 Å². The van der Waals surface area contributed by atoms with Crippen LogP contribution in [-0.4, -0.2) is 11.8 Å². The monoisotopic (exact) mass is 243 g/mol. The van der Waals surface area contributed by atoms with E-state index in [0.717, 1.165) is 28.5 Å². The standard InChI is InChI=1S/C12H18ClNS/c1-3-11(14)8-15-7-10-4-5-12(13)9(2)6-10/h4-6,11H,3,7-8,14H2,1-2H3. The topological polar surface area (TPSA) is 26.0 Å². The van der Waals surface area contributed by atoms with E-state index in [-0.39, 0.29) is 0 Å². The van der Waals surface area contributed by atoms with E-state index in [4.69, 9.17) is 17.3 Å². The average molecular weight is 244 g/mol. The molecule has 0 amide bonds. The number of hydrogen-bond donors (Lipinski definition) is 1. The van der Waals surface area contributed by atoms with Crippen molar-refractivity contribution in [1.29, 1.82) is 0 Å². The molecule has 84 valence electrons. The fourth-order valence-electron chi connectivity index (χ4n) is 1.24. The molecule has 0 spiro atoms. The second kappa shape index (κ2) is 6.41. The smallest absolute Gasteiger partial charge is 0.0435 e. The molecule has 1 aromatic rings. The van der Waals surface area contributed by atoms with Crippen molar-refractivity contribution in [2.75, 3.05) is 5.75 Å². The average Bonchev–Trinajstić information content (AvgIpc) is 2.23. The van der Waals surface area contributed by atoms with Crippen molar-refractivity contribution in [3.05, 3.63) is 34.3 Å². The zero-order chi connectivity index (χ0) is 11.3. The summed E-state index contributed by atoms with van der Waals surface area (Å²) in [6, 6.07) is 6.52. The van der Waals surface area contributed by atoms with Gasteiger partial charge in [-0.25, -0.2) is 0 Å². The highest BCUT2D eigenvalue weighted by Crippen LogP contribution is 2.20. The van der Waals surface area contributed by atoms with E-state index in [2.05, 4.69) is 19.1 Å². The molecule has 0 heterocycles. The Morgan fingerprint density at radius 3 is 2.80 bits per heavy atom. The summed E-state index contributed by atoms with van der Waals surface area (Å²) >= 11 is 7.85. The van der Waals surface area contributed by atoms with Crippen LogP contribution in [0.3, 0.4) is 0 Å². The molecule has 0 radical (unpaired) electrons. The molecular formula is C12H18ClNS. The minimum absolute atomic E-state index is 0.323.